The average Bonchev–Trinajstić information content (AvgIpc) is 2.96. The minimum atomic E-state index is -2.76. The van der Waals surface area contributed by atoms with Gasteiger partial charge in [-0.25, -0.2) is 4.79 Å². The molecule has 1 amide bonds. The number of ether oxygens (including phenoxy) is 1. The van der Waals surface area contributed by atoms with Crippen molar-refractivity contribution >= 4 is 23.2 Å². The topological polar surface area (TPSA) is 81.0 Å². The van der Waals surface area contributed by atoms with Gasteiger partial charge >= 0.3 is 23.2 Å². The molecule has 3 atom stereocenters. The van der Waals surface area contributed by atoms with Gasteiger partial charge in [0.25, 0.3) is 0 Å². The van der Waals surface area contributed by atoms with Crippen molar-refractivity contribution in [2.75, 3.05) is 6.61 Å². The first-order chi connectivity index (χ1) is 15.1. The maximum absolute atomic E-state index is 13.3. The van der Waals surface area contributed by atoms with Gasteiger partial charge in [0.1, 0.15) is 5.60 Å². The van der Waals surface area contributed by atoms with Gasteiger partial charge < -0.3 is 17.7 Å². The zero-order valence-electron chi connectivity index (χ0n) is 22.6. The monoisotopic (exact) mass is 498 g/mol. The second kappa shape index (κ2) is 10.4. The number of likely N-dealkylation sites (tertiary alicyclic amines) is 1. The Labute approximate surface area is 203 Å². The Kier molecular flexibility index (Phi) is 8.89. The third kappa shape index (κ3) is 5.67. The molecule has 0 aromatic heterocycles. The first kappa shape index (κ1) is 28.3. The van der Waals surface area contributed by atoms with Crippen molar-refractivity contribution < 1.29 is 22.5 Å². The van der Waals surface area contributed by atoms with Gasteiger partial charge in [0.15, 0.2) is 0 Å². The molecule has 0 N–H and O–H groups in total. The summed E-state index contributed by atoms with van der Waals surface area (Å²) in [4.78, 5) is 15.1. The summed E-state index contributed by atoms with van der Waals surface area (Å²) in [6.07, 6.45) is 0.201. The molecule has 0 radical (unpaired) electrons. The van der Waals surface area contributed by atoms with Crippen molar-refractivity contribution in [1.82, 2.24) is 4.90 Å². The van der Waals surface area contributed by atoms with Crippen molar-refractivity contribution in [2.24, 2.45) is 0 Å². The van der Waals surface area contributed by atoms with E-state index < -0.39 is 28.8 Å². The maximum atomic E-state index is 13.3. The van der Waals surface area contributed by atoms with E-state index in [9.17, 15) is 10.1 Å². The molecule has 2 aliphatic rings. The number of carbonyl (C=O) groups excluding carboxylic acids is 1. The minimum absolute atomic E-state index is 0.217. The van der Waals surface area contributed by atoms with Crippen LogP contribution in [-0.2, 0) is 17.7 Å². The van der Waals surface area contributed by atoms with E-state index in [1.54, 1.807) is 4.90 Å². The largest absolute Gasteiger partial charge is 0.444 e. The Balaban J connectivity index is 2.60. The van der Waals surface area contributed by atoms with Crippen molar-refractivity contribution in [2.45, 2.75) is 135 Å². The molecule has 0 aromatic carbocycles. The lowest BCUT2D eigenvalue weighted by Crippen LogP contribution is -2.66. The van der Waals surface area contributed by atoms with Crippen molar-refractivity contribution in [3.63, 3.8) is 0 Å². The van der Waals surface area contributed by atoms with E-state index in [4.69, 9.17) is 17.7 Å². The van der Waals surface area contributed by atoms with Crippen LogP contribution in [0.2, 0.25) is 22.2 Å². The van der Waals surface area contributed by atoms with Gasteiger partial charge in [0, 0.05) is 0 Å². The zero-order chi connectivity index (χ0) is 25.4. The molecule has 0 bridgehead atoms. The standard InChI is InChI=1S/C24H46N2O5Si2/c1-16(2)32(17(3)4)28-15-21-22(30-33(31-32,18(5)6)19(7)8)14-20(12-13-25)26(21)23(27)29-24(9,10)11/h16-22H,12,14-15H2,1-11H3/t20-,21+,22-/m0/s1. The van der Waals surface area contributed by atoms with Crippen LogP contribution in [0.5, 0.6) is 0 Å². The van der Waals surface area contributed by atoms with Crippen LogP contribution >= 0.6 is 0 Å². The number of hydrogen-bond donors (Lipinski definition) is 0. The molecular formula is C24H46N2O5Si2. The molecule has 2 saturated heterocycles. The Morgan fingerprint density at radius 2 is 1.55 bits per heavy atom. The first-order valence-corrected chi connectivity index (χ1v) is 16.5. The van der Waals surface area contributed by atoms with Crippen LogP contribution in [-0.4, -0.2) is 58.5 Å². The molecule has 33 heavy (non-hydrogen) atoms. The molecule has 0 aliphatic carbocycles. The number of rotatable bonds is 5. The molecular weight excluding hydrogens is 452 g/mol. The second-order valence-corrected chi connectivity index (χ2v) is 20.7. The highest BCUT2D eigenvalue weighted by atomic mass is 28.5. The third-order valence-electron chi connectivity index (χ3n) is 6.97. The van der Waals surface area contributed by atoms with E-state index in [0.717, 1.165) is 0 Å². The molecule has 0 unspecified atom stereocenters. The number of nitrogens with zero attached hydrogens (tertiary/aromatic N) is 2. The van der Waals surface area contributed by atoms with Crippen molar-refractivity contribution in [3.8, 4) is 6.07 Å². The molecule has 7 nitrogen and oxygen atoms in total. The van der Waals surface area contributed by atoms with Gasteiger partial charge in [0.2, 0.25) is 0 Å². The van der Waals surface area contributed by atoms with Gasteiger partial charge in [-0.05, 0) is 49.4 Å². The molecule has 0 saturated carbocycles. The van der Waals surface area contributed by atoms with E-state index in [-0.39, 0.29) is 46.8 Å². The molecule has 2 aliphatic heterocycles. The first-order valence-electron chi connectivity index (χ1n) is 12.5. The van der Waals surface area contributed by atoms with E-state index in [2.05, 4.69) is 61.5 Å². The molecule has 190 valence electrons. The predicted octanol–water partition coefficient (Wildman–Crippen LogP) is 6.23. The molecule has 9 heteroatoms. The van der Waals surface area contributed by atoms with Crippen LogP contribution in [0.3, 0.4) is 0 Å². The highest BCUT2D eigenvalue weighted by Crippen LogP contribution is 2.48. The predicted molar refractivity (Wildman–Crippen MR) is 134 cm³/mol. The van der Waals surface area contributed by atoms with Crippen LogP contribution in [0, 0.1) is 11.3 Å². The third-order valence-corrected chi connectivity index (χ3v) is 17.2. The average molecular weight is 499 g/mol. The van der Waals surface area contributed by atoms with E-state index >= 15 is 0 Å². The summed E-state index contributed by atoms with van der Waals surface area (Å²) >= 11 is 0. The fourth-order valence-electron chi connectivity index (χ4n) is 5.35. The Bertz CT molecular complexity index is 713. The molecule has 2 heterocycles. The number of nitriles is 1. The van der Waals surface area contributed by atoms with E-state index in [0.29, 0.717) is 13.0 Å². The van der Waals surface area contributed by atoms with E-state index in [1.165, 1.54) is 0 Å². The number of fused-ring (bicyclic) bond motifs is 1. The fourth-order valence-corrected chi connectivity index (χ4v) is 16.6. The molecule has 2 fully saturated rings. The SMILES string of the molecule is CC(C)[Si]1(C(C)C)OC[C@@H]2[C@H](C[C@H](CC#N)N2C(=O)OC(C)(C)C)O[Si](C(C)C)(C(C)C)O1. The summed E-state index contributed by atoms with van der Waals surface area (Å²) in [5.74, 6) is 0. The Morgan fingerprint density at radius 1 is 1.03 bits per heavy atom. The smallest absolute Gasteiger partial charge is 0.410 e. The van der Waals surface area contributed by atoms with Gasteiger partial charge in [0.05, 0.1) is 37.3 Å². The number of amides is 1. The molecule has 0 spiro atoms. The normalized spacial score (nSPS) is 27.5. The summed E-state index contributed by atoms with van der Waals surface area (Å²) < 4.78 is 26.9. The fraction of sp³-hybridized carbons (Fsp3) is 0.917. The Hall–Kier alpha value is -0.926. The number of hydrogen-bond acceptors (Lipinski definition) is 6. The van der Waals surface area contributed by atoms with Crippen LogP contribution in [0.4, 0.5) is 4.79 Å². The Morgan fingerprint density at radius 3 is 1.97 bits per heavy atom. The summed E-state index contributed by atoms with van der Waals surface area (Å²) in [7, 11) is -5.46. The lowest BCUT2D eigenvalue weighted by molar-refractivity contribution is -0.00889. The highest BCUT2D eigenvalue weighted by Gasteiger charge is 2.61. The molecule has 0 aromatic rings. The maximum Gasteiger partial charge on any atom is 0.410 e. The molecule has 2 rings (SSSR count). The quantitative estimate of drug-likeness (QED) is 0.418. The lowest BCUT2D eigenvalue weighted by Gasteiger charge is -2.51. The van der Waals surface area contributed by atoms with Crippen LogP contribution < -0.4 is 0 Å². The van der Waals surface area contributed by atoms with Crippen molar-refractivity contribution in [3.05, 3.63) is 0 Å². The number of carbonyl (C=O) groups is 1. The van der Waals surface area contributed by atoms with Gasteiger partial charge in [-0.1, -0.05) is 55.4 Å². The highest BCUT2D eigenvalue weighted by molar-refractivity contribution is 6.83. The zero-order valence-corrected chi connectivity index (χ0v) is 24.6. The van der Waals surface area contributed by atoms with Crippen LogP contribution in [0.1, 0.15) is 89.0 Å². The summed E-state index contributed by atoms with van der Waals surface area (Å²) in [5, 5.41) is 9.50. The summed E-state index contributed by atoms with van der Waals surface area (Å²) in [6.45, 7) is 23.4. The van der Waals surface area contributed by atoms with Crippen LogP contribution in [0.15, 0.2) is 0 Å². The summed E-state index contributed by atoms with van der Waals surface area (Å²) in [6, 6.07) is 1.70. The summed E-state index contributed by atoms with van der Waals surface area (Å²) in [5.41, 5.74) is 0.270. The van der Waals surface area contributed by atoms with Gasteiger partial charge in [-0.15, -0.1) is 0 Å². The van der Waals surface area contributed by atoms with Crippen molar-refractivity contribution in [1.29, 1.82) is 5.26 Å². The van der Waals surface area contributed by atoms with Gasteiger partial charge in [-0.2, -0.15) is 5.26 Å². The van der Waals surface area contributed by atoms with Gasteiger partial charge in [-0.3, -0.25) is 4.90 Å². The second-order valence-electron chi connectivity index (χ2n) is 11.8. The lowest BCUT2D eigenvalue weighted by atomic mass is 10.1. The van der Waals surface area contributed by atoms with E-state index in [1.807, 2.05) is 20.8 Å². The van der Waals surface area contributed by atoms with Crippen LogP contribution in [0.25, 0.3) is 0 Å². The minimum Gasteiger partial charge on any atom is -0.444 e.